The van der Waals surface area contributed by atoms with Crippen molar-refractivity contribution >= 4 is 10.9 Å². The van der Waals surface area contributed by atoms with E-state index >= 15 is 0 Å². The van der Waals surface area contributed by atoms with Gasteiger partial charge in [-0.05, 0) is 41.8 Å². The molecule has 0 unspecified atom stereocenters. The average Bonchev–Trinajstić information content (AvgIpc) is 2.47. The lowest BCUT2D eigenvalue weighted by Crippen LogP contribution is -2.06. The van der Waals surface area contributed by atoms with Gasteiger partial charge >= 0.3 is 0 Å². The van der Waals surface area contributed by atoms with Gasteiger partial charge in [0.1, 0.15) is 0 Å². The fourth-order valence-corrected chi connectivity index (χ4v) is 2.10. The molecule has 0 fully saturated rings. The molecule has 4 heteroatoms. The van der Waals surface area contributed by atoms with Gasteiger partial charge in [0.25, 0.3) is 5.56 Å². The number of aromatic amines is 1. The summed E-state index contributed by atoms with van der Waals surface area (Å²) >= 11 is 0. The van der Waals surface area contributed by atoms with E-state index in [-0.39, 0.29) is 5.56 Å². The number of H-pyrrole nitrogens is 1. The van der Waals surface area contributed by atoms with E-state index in [0.717, 1.165) is 23.2 Å². The van der Waals surface area contributed by atoms with E-state index < -0.39 is 0 Å². The summed E-state index contributed by atoms with van der Waals surface area (Å²) in [5, 5.41) is 0.606. The van der Waals surface area contributed by atoms with Crippen LogP contribution in [0.25, 0.3) is 22.0 Å². The van der Waals surface area contributed by atoms with Crippen molar-refractivity contribution in [3.8, 4) is 11.1 Å². The molecule has 0 bridgehead atoms. The quantitative estimate of drug-likeness (QED) is 0.761. The van der Waals surface area contributed by atoms with Crippen LogP contribution in [-0.2, 0) is 6.42 Å². The van der Waals surface area contributed by atoms with Gasteiger partial charge in [0.05, 0.1) is 17.2 Å². The minimum absolute atomic E-state index is 0.114. The number of nitrogens with one attached hydrogen (secondary N) is 1. The highest BCUT2D eigenvalue weighted by Gasteiger charge is 2.04. The van der Waals surface area contributed by atoms with Crippen molar-refractivity contribution in [3.05, 3.63) is 58.9 Å². The standard InChI is InChI=1S/C15H13N3O/c1-2-12-7-11(5-6-16-12)10-3-4-14-13(8-10)15(19)18-9-17-14/h3-9H,2H2,1H3,(H,17,18,19). The molecule has 0 atom stereocenters. The third-order valence-electron chi connectivity index (χ3n) is 3.15. The number of pyridine rings is 1. The van der Waals surface area contributed by atoms with Gasteiger partial charge in [-0.15, -0.1) is 0 Å². The summed E-state index contributed by atoms with van der Waals surface area (Å²) in [6, 6.07) is 9.71. The highest BCUT2D eigenvalue weighted by atomic mass is 16.1. The van der Waals surface area contributed by atoms with E-state index in [1.807, 2.05) is 30.3 Å². The van der Waals surface area contributed by atoms with Crippen molar-refractivity contribution in [2.24, 2.45) is 0 Å². The number of fused-ring (bicyclic) bond motifs is 1. The number of aryl methyl sites for hydroxylation is 1. The first kappa shape index (κ1) is 11.6. The first-order valence-corrected chi connectivity index (χ1v) is 6.20. The number of rotatable bonds is 2. The number of hydrogen-bond donors (Lipinski definition) is 1. The van der Waals surface area contributed by atoms with Crippen LogP contribution >= 0.6 is 0 Å². The van der Waals surface area contributed by atoms with Crippen LogP contribution in [0.15, 0.2) is 47.7 Å². The van der Waals surface area contributed by atoms with Gasteiger partial charge in [-0.3, -0.25) is 9.78 Å². The summed E-state index contributed by atoms with van der Waals surface area (Å²) in [6.45, 7) is 2.07. The first-order chi connectivity index (χ1) is 9.28. The fourth-order valence-electron chi connectivity index (χ4n) is 2.10. The third-order valence-corrected chi connectivity index (χ3v) is 3.15. The maximum atomic E-state index is 11.8. The van der Waals surface area contributed by atoms with E-state index in [9.17, 15) is 4.79 Å². The van der Waals surface area contributed by atoms with E-state index in [0.29, 0.717) is 10.9 Å². The highest BCUT2D eigenvalue weighted by Crippen LogP contribution is 2.22. The molecular formula is C15H13N3O. The predicted molar refractivity (Wildman–Crippen MR) is 75.0 cm³/mol. The molecule has 3 aromatic rings. The summed E-state index contributed by atoms with van der Waals surface area (Å²) in [7, 11) is 0. The van der Waals surface area contributed by atoms with Crippen LogP contribution in [0, 0.1) is 0 Å². The largest absolute Gasteiger partial charge is 0.313 e. The SMILES string of the molecule is CCc1cc(-c2ccc3nc[nH]c(=O)c3c2)ccn1. The molecule has 0 radical (unpaired) electrons. The molecule has 0 aliphatic carbocycles. The second-order valence-corrected chi connectivity index (χ2v) is 4.35. The minimum Gasteiger partial charge on any atom is -0.313 e. The molecule has 0 aliphatic heterocycles. The molecule has 3 rings (SSSR count). The van der Waals surface area contributed by atoms with Crippen molar-refractivity contribution in [1.29, 1.82) is 0 Å². The maximum absolute atomic E-state index is 11.8. The number of hydrogen-bond acceptors (Lipinski definition) is 3. The zero-order valence-corrected chi connectivity index (χ0v) is 10.6. The van der Waals surface area contributed by atoms with Crippen LogP contribution < -0.4 is 5.56 Å². The Labute approximate surface area is 110 Å². The summed E-state index contributed by atoms with van der Waals surface area (Å²) < 4.78 is 0. The molecule has 1 aromatic carbocycles. The zero-order chi connectivity index (χ0) is 13.2. The average molecular weight is 251 g/mol. The lowest BCUT2D eigenvalue weighted by Gasteiger charge is -2.04. The van der Waals surface area contributed by atoms with Crippen LogP contribution in [0.2, 0.25) is 0 Å². The molecule has 19 heavy (non-hydrogen) atoms. The summed E-state index contributed by atoms with van der Waals surface area (Å²) in [4.78, 5) is 22.8. The van der Waals surface area contributed by atoms with Gasteiger partial charge in [0.15, 0.2) is 0 Å². The lowest BCUT2D eigenvalue weighted by atomic mass is 10.0. The molecule has 94 valence electrons. The molecule has 1 N–H and O–H groups in total. The van der Waals surface area contributed by atoms with Crippen LogP contribution in [0.3, 0.4) is 0 Å². The minimum atomic E-state index is -0.114. The Morgan fingerprint density at radius 2 is 1.95 bits per heavy atom. The van der Waals surface area contributed by atoms with Gasteiger partial charge in [0, 0.05) is 11.9 Å². The Balaban J connectivity index is 2.20. The first-order valence-electron chi connectivity index (χ1n) is 6.20. The number of benzene rings is 1. The smallest absolute Gasteiger partial charge is 0.258 e. The van der Waals surface area contributed by atoms with Gasteiger partial charge < -0.3 is 4.98 Å². The van der Waals surface area contributed by atoms with Crippen LogP contribution in [-0.4, -0.2) is 15.0 Å². The van der Waals surface area contributed by atoms with Gasteiger partial charge in [-0.1, -0.05) is 13.0 Å². The predicted octanol–water partition coefficient (Wildman–Crippen LogP) is 2.55. The molecule has 0 aliphatic rings. The lowest BCUT2D eigenvalue weighted by molar-refractivity contribution is 1.04. The summed E-state index contributed by atoms with van der Waals surface area (Å²) in [6.07, 6.45) is 4.11. The second-order valence-electron chi connectivity index (χ2n) is 4.35. The number of nitrogens with zero attached hydrogens (tertiary/aromatic N) is 2. The third kappa shape index (κ3) is 2.12. The van der Waals surface area contributed by atoms with Gasteiger partial charge in [-0.25, -0.2) is 4.98 Å². The molecule has 0 amide bonds. The van der Waals surface area contributed by atoms with Crippen LogP contribution in [0.5, 0.6) is 0 Å². The molecule has 0 saturated heterocycles. The van der Waals surface area contributed by atoms with E-state index in [1.165, 1.54) is 6.33 Å². The van der Waals surface area contributed by atoms with Crippen LogP contribution in [0.4, 0.5) is 0 Å². The van der Waals surface area contributed by atoms with Crippen LogP contribution in [0.1, 0.15) is 12.6 Å². The molecule has 4 nitrogen and oxygen atoms in total. The normalized spacial score (nSPS) is 10.8. The Morgan fingerprint density at radius 3 is 2.79 bits per heavy atom. The van der Waals surface area contributed by atoms with Gasteiger partial charge in [0.2, 0.25) is 0 Å². The van der Waals surface area contributed by atoms with Crippen molar-refractivity contribution < 1.29 is 0 Å². The van der Waals surface area contributed by atoms with Crippen molar-refractivity contribution in [1.82, 2.24) is 15.0 Å². The molecular weight excluding hydrogens is 238 g/mol. The summed E-state index contributed by atoms with van der Waals surface area (Å²) in [5.74, 6) is 0. The summed E-state index contributed by atoms with van der Waals surface area (Å²) in [5.41, 5.74) is 3.70. The van der Waals surface area contributed by atoms with Gasteiger partial charge in [-0.2, -0.15) is 0 Å². The van der Waals surface area contributed by atoms with Crippen molar-refractivity contribution in [2.45, 2.75) is 13.3 Å². The second kappa shape index (κ2) is 4.65. The molecule has 2 aromatic heterocycles. The Hall–Kier alpha value is -2.49. The Bertz CT molecular complexity index is 792. The Kier molecular flexibility index (Phi) is 2.83. The zero-order valence-electron chi connectivity index (χ0n) is 10.6. The van der Waals surface area contributed by atoms with E-state index in [2.05, 4.69) is 21.9 Å². The van der Waals surface area contributed by atoms with Crippen molar-refractivity contribution in [2.75, 3.05) is 0 Å². The fraction of sp³-hybridized carbons (Fsp3) is 0.133. The van der Waals surface area contributed by atoms with E-state index in [4.69, 9.17) is 0 Å². The topological polar surface area (TPSA) is 58.6 Å². The maximum Gasteiger partial charge on any atom is 0.258 e. The number of aromatic nitrogens is 3. The Morgan fingerprint density at radius 1 is 1.11 bits per heavy atom. The van der Waals surface area contributed by atoms with E-state index in [1.54, 1.807) is 6.20 Å². The molecule has 0 spiro atoms. The highest BCUT2D eigenvalue weighted by molar-refractivity contribution is 5.83. The molecule has 0 saturated carbocycles. The van der Waals surface area contributed by atoms with Crippen molar-refractivity contribution in [3.63, 3.8) is 0 Å². The monoisotopic (exact) mass is 251 g/mol. The molecule has 2 heterocycles.